The lowest BCUT2D eigenvalue weighted by molar-refractivity contribution is 0.600. The molecule has 0 aliphatic carbocycles. The van der Waals surface area contributed by atoms with Crippen LogP contribution in [-0.2, 0) is 10.0 Å². The summed E-state index contributed by atoms with van der Waals surface area (Å²) in [6, 6.07) is 16.5. The van der Waals surface area contributed by atoms with Gasteiger partial charge in [-0.25, -0.2) is 13.1 Å². The Morgan fingerprint density at radius 1 is 1.00 bits per heavy atom. The summed E-state index contributed by atoms with van der Waals surface area (Å²) in [7, 11) is -3.76. The average molecular weight is 407 g/mol. The highest BCUT2D eigenvalue weighted by Gasteiger charge is 2.19. The van der Waals surface area contributed by atoms with Crippen LogP contribution in [0.5, 0.6) is 0 Å². The van der Waals surface area contributed by atoms with Gasteiger partial charge in [-0.3, -0.25) is 9.71 Å². The Bertz CT molecular complexity index is 1270. The van der Waals surface area contributed by atoms with E-state index >= 15 is 0 Å². The number of rotatable bonds is 5. The molecule has 1 N–H and O–H groups in total. The molecule has 0 radical (unpaired) electrons. The normalized spacial score (nSPS) is 11.9. The molecule has 0 amide bonds. The molecule has 0 aliphatic heterocycles. The summed E-state index contributed by atoms with van der Waals surface area (Å²) in [6.07, 6.45) is 3.46. The van der Waals surface area contributed by atoms with Crippen molar-refractivity contribution in [2.24, 2.45) is 0 Å². The molecule has 2 aromatic heterocycles. The summed E-state index contributed by atoms with van der Waals surface area (Å²) >= 11 is 0. The standard InChI is InChI=1S/C22H22N4O2S/c1-15(2)17-8-10-19(11-9-17)29(27,28)25-22-12-16(3)24-26(22)21-14-23-13-18-6-4-5-7-20(18)21/h4-15,25H,1-3H3. The van der Waals surface area contributed by atoms with Crippen LogP contribution in [-0.4, -0.2) is 23.2 Å². The van der Waals surface area contributed by atoms with E-state index in [1.165, 1.54) is 0 Å². The van der Waals surface area contributed by atoms with Crippen LogP contribution in [0.3, 0.4) is 0 Å². The largest absolute Gasteiger partial charge is 0.263 e. The van der Waals surface area contributed by atoms with E-state index in [4.69, 9.17) is 0 Å². The second-order valence-corrected chi connectivity index (χ2v) is 8.97. The molecule has 0 bridgehead atoms. The van der Waals surface area contributed by atoms with Crippen LogP contribution in [0.2, 0.25) is 0 Å². The van der Waals surface area contributed by atoms with E-state index in [9.17, 15) is 8.42 Å². The van der Waals surface area contributed by atoms with Gasteiger partial charge in [0.05, 0.1) is 22.5 Å². The lowest BCUT2D eigenvalue weighted by atomic mass is 10.0. The molecule has 2 heterocycles. The minimum Gasteiger partial charge on any atom is -0.263 e. The van der Waals surface area contributed by atoms with Crippen molar-refractivity contribution in [3.8, 4) is 5.69 Å². The molecule has 0 saturated carbocycles. The van der Waals surface area contributed by atoms with Crippen molar-refractivity contribution in [3.63, 3.8) is 0 Å². The van der Waals surface area contributed by atoms with Crippen molar-refractivity contribution < 1.29 is 8.42 Å². The topological polar surface area (TPSA) is 76.9 Å². The van der Waals surface area contributed by atoms with Gasteiger partial charge >= 0.3 is 0 Å². The smallest absolute Gasteiger partial charge is 0.263 e. The van der Waals surface area contributed by atoms with E-state index in [0.29, 0.717) is 23.1 Å². The molecule has 29 heavy (non-hydrogen) atoms. The first-order valence-corrected chi connectivity index (χ1v) is 10.9. The molecule has 4 rings (SSSR count). The number of hydrogen-bond donors (Lipinski definition) is 1. The fourth-order valence-corrected chi connectivity index (χ4v) is 4.29. The van der Waals surface area contributed by atoms with Crippen LogP contribution < -0.4 is 4.72 Å². The van der Waals surface area contributed by atoms with Gasteiger partial charge in [-0.05, 0) is 30.5 Å². The number of benzene rings is 2. The lowest BCUT2D eigenvalue weighted by Gasteiger charge is -2.13. The Morgan fingerprint density at radius 3 is 2.45 bits per heavy atom. The molecule has 4 aromatic rings. The van der Waals surface area contributed by atoms with Crippen molar-refractivity contribution in [1.29, 1.82) is 0 Å². The molecular weight excluding hydrogens is 384 g/mol. The fraction of sp³-hybridized carbons (Fsp3) is 0.182. The highest BCUT2D eigenvalue weighted by Crippen LogP contribution is 2.26. The van der Waals surface area contributed by atoms with Crippen LogP contribution in [0.1, 0.15) is 31.0 Å². The Hall–Kier alpha value is -3.19. The van der Waals surface area contributed by atoms with Gasteiger partial charge in [0.1, 0.15) is 5.82 Å². The van der Waals surface area contributed by atoms with E-state index in [0.717, 1.165) is 16.3 Å². The molecule has 0 spiro atoms. The highest BCUT2D eigenvalue weighted by atomic mass is 32.2. The summed E-state index contributed by atoms with van der Waals surface area (Å²) < 4.78 is 30.2. The van der Waals surface area contributed by atoms with Gasteiger partial charge in [0.2, 0.25) is 0 Å². The van der Waals surface area contributed by atoms with Gasteiger partial charge < -0.3 is 0 Å². The number of aromatic nitrogens is 3. The molecule has 0 fully saturated rings. The summed E-state index contributed by atoms with van der Waals surface area (Å²) in [4.78, 5) is 4.49. The molecule has 0 saturated heterocycles. The quantitative estimate of drug-likeness (QED) is 0.523. The summed E-state index contributed by atoms with van der Waals surface area (Å²) in [5.41, 5.74) is 2.50. The number of fused-ring (bicyclic) bond motifs is 1. The predicted molar refractivity (Wildman–Crippen MR) is 115 cm³/mol. The number of hydrogen-bond acceptors (Lipinski definition) is 4. The van der Waals surface area contributed by atoms with Crippen LogP contribution >= 0.6 is 0 Å². The zero-order chi connectivity index (χ0) is 20.6. The molecule has 2 aromatic carbocycles. The van der Waals surface area contributed by atoms with Crippen LogP contribution in [0.4, 0.5) is 5.82 Å². The van der Waals surface area contributed by atoms with Crippen LogP contribution in [0, 0.1) is 6.92 Å². The minimum absolute atomic E-state index is 0.211. The van der Waals surface area contributed by atoms with Gasteiger partial charge in [0.25, 0.3) is 10.0 Å². The molecule has 148 valence electrons. The van der Waals surface area contributed by atoms with Crippen LogP contribution in [0.15, 0.2) is 71.9 Å². The van der Waals surface area contributed by atoms with Gasteiger partial charge in [-0.2, -0.15) is 5.10 Å². The number of nitrogens with one attached hydrogen (secondary N) is 1. The number of aryl methyl sites for hydroxylation is 1. The van der Waals surface area contributed by atoms with Crippen molar-refractivity contribution in [2.45, 2.75) is 31.6 Å². The van der Waals surface area contributed by atoms with Crippen molar-refractivity contribution in [2.75, 3.05) is 4.72 Å². The van der Waals surface area contributed by atoms with Crippen LogP contribution in [0.25, 0.3) is 16.5 Å². The highest BCUT2D eigenvalue weighted by molar-refractivity contribution is 7.92. The number of nitrogens with zero attached hydrogens (tertiary/aromatic N) is 3. The number of pyridine rings is 1. The molecule has 7 heteroatoms. The Labute approximate surface area is 170 Å². The van der Waals surface area contributed by atoms with E-state index in [1.807, 2.05) is 43.3 Å². The first kappa shape index (κ1) is 19.1. The van der Waals surface area contributed by atoms with Crippen molar-refractivity contribution in [3.05, 3.63) is 78.2 Å². The minimum atomic E-state index is -3.76. The average Bonchev–Trinajstić information content (AvgIpc) is 3.06. The van der Waals surface area contributed by atoms with E-state index in [1.54, 1.807) is 35.3 Å². The number of sulfonamides is 1. The van der Waals surface area contributed by atoms with Gasteiger partial charge in [-0.15, -0.1) is 0 Å². The summed E-state index contributed by atoms with van der Waals surface area (Å²) in [5, 5.41) is 6.39. The van der Waals surface area contributed by atoms with Gasteiger partial charge in [0.15, 0.2) is 0 Å². The maximum absolute atomic E-state index is 13.0. The Morgan fingerprint density at radius 2 is 1.72 bits per heavy atom. The molecule has 0 aliphatic rings. The Kier molecular flexibility index (Phi) is 4.84. The van der Waals surface area contributed by atoms with Gasteiger partial charge in [0, 0.05) is 23.0 Å². The third-order valence-electron chi connectivity index (χ3n) is 4.80. The maximum atomic E-state index is 13.0. The summed E-state index contributed by atoms with van der Waals surface area (Å²) in [5.74, 6) is 0.705. The third kappa shape index (κ3) is 3.73. The second kappa shape index (κ2) is 7.33. The third-order valence-corrected chi connectivity index (χ3v) is 6.17. The molecule has 6 nitrogen and oxygen atoms in total. The Balaban J connectivity index is 1.75. The monoisotopic (exact) mass is 406 g/mol. The fourth-order valence-electron chi connectivity index (χ4n) is 3.25. The molecule has 0 atom stereocenters. The first-order valence-electron chi connectivity index (χ1n) is 9.38. The first-order chi connectivity index (χ1) is 13.8. The zero-order valence-corrected chi connectivity index (χ0v) is 17.3. The molecule has 0 unspecified atom stereocenters. The van der Waals surface area contributed by atoms with Gasteiger partial charge in [-0.1, -0.05) is 50.2 Å². The molecular formula is C22H22N4O2S. The number of anilines is 1. The zero-order valence-electron chi connectivity index (χ0n) is 16.5. The van der Waals surface area contributed by atoms with E-state index in [2.05, 4.69) is 28.7 Å². The SMILES string of the molecule is Cc1cc(NS(=O)(=O)c2ccc(C(C)C)cc2)n(-c2cncc3ccccc23)n1. The van der Waals surface area contributed by atoms with Crippen molar-refractivity contribution in [1.82, 2.24) is 14.8 Å². The predicted octanol–water partition coefficient (Wildman–Crippen LogP) is 4.65. The van der Waals surface area contributed by atoms with E-state index < -0.39 is 10.0 Å². The second-order valence-electron chi connectivity index (χ2n) is 7.29. The summed E-state index contributed by atoms with van der Waals surface area (Å²) in [6.45, 7) is 5.97. The maximum Gasteiger partial charge on any atom is 0.263 e. The van der Waals surface area contributed by atoms with E-state index in [-0.39, 0.29) is 4.90 Å². The lowest BCUT2D eigenvalue weighted by Crippen LogP contribution is -2.16. The van der Waals surface area contributed by atoms with Crippen molar-refractivity contribution >= 4 is 26.6 Å².